The first-order valence-corrected chi connectivity index (χ1v) is 6.20. The molecule has 1 aliphatic heterocycles. The van der Waals surface area contributed by atoms with Gasteiger partial charge in [0.15, 0.2) is 0 Å². The van der Waals surface area contributed by atoms with Gasteiger partial charge in [0, 0.05) is 18.4 Å². The highest BCUT2D eigenvalue weighted by Crippen LogP contribution is 2.22. The van der Waals surface area contributed by atoms with Gasteiger partial charge in [-0.2, -0.15) is 0 Å². The normalized spacial score (nSPS) is 22.8. The van der Waals surface area contributed by atoms with E-state index in [1.165, 1.54) is 12.8 Å². The maximum atomic E-state index is 10.3. The Hall–Kier alpha value is -1.39. The Labute approximate surface area is 100 Å². The Balaban J connectivity index is 1.86. The Morgan fingerprint density at radius 1 is 1.41 bits per heavy atom. The van der Waals surface area contributed by atoms with Gasteiger partial charge in [-0.3, -0.25) is 0 Å². The number of aliphatic hydroxyl groups excluding tert-OH is 1. The van der Waals surface area contributed by atoms with Crippen molar-refractivity contribution in [3.05, 3.63) is 36.3 Å². The number of hydrogen-bond acceptors (Lipinski definition) is 3. The number of rotatable bonds is 2. The largest absolute Gasteiger partial charge is 0.385 e. The van der Waals surface area contributed by atoms with Crippen LogP contribution in [0.25, 0.3) is 5.65 Å². The lowest BCUT2D eigenvalue weighted by molar-refractivity contribution is 0.110. The fraction of sp³-hybridized carbons (Fsp3) is 0.462. The predicted molar refractivity (Wildman–Crippen MR) is 65.8 cm³/mol. The Morgan fingerprint density at radius 3 is 3.12 bits per heavy atom. The van der Waals surface area contributed by atoms with Crippen molar-refractivity contribution in [3.63, 3.8) is 0 Å². The van der Waals surface area contributed by atoms with Crippen LogP contribution in [0.2, 0.25) is 0 Å². The molecule has 0 spiro atoms. The van der Waals surface area contributed by atoms with Gasteiger partial charge in [0.25, 0.3) is 0 Å². The summed E-state index contributed by atoms with van der Waals surface area (Å²) in [6.45, 7) is 0.995. The van der Waals surface area contributed by atoms with Crippen LogP contribution in [-0.2, 0) is 0 Å². The van der Waals surface area contributed by atoms with Crippen LogP contribution >= 0.6 is 0 Å². The molecule has 1 fully saturated rings. The summed E-state index contributed by atoms with van der Waals surface area (Å²) in [6.07, 6.45) is 6.77. The average Bonchev–Trinajstić information content (AvgIpc) is 2.82. The molecule has 2 aromatic rings. The first kappa shape index (κ1) is 10.7. The van der Waals surface area contributed by atoms with Crippen molar-refractivity contribution in [2.45, 2.75) is 31.4 Å². The van der Waals surface area contributed by atoms with E-state index in [-0.39, 0.29) is 6.04 Å². The fourth-order valence-corrected chi connectivity index (χ4v) is 2.45. The summed E-state index contributed by atoms with van der Waals surface area (Å²) in [6, 6.07) is 6.01. The number of pyridine rings is 1. The SMILES string of the molecule is OC(c1cn2ccccc2n1)C1CCCCN1. The number of imidazole rings is 1. The molecule has 1 aliphatic rings. The molecule has 0 saturated carbocycles. The zero-order valence-corrected chi connectivity index (χ0v) is 9.71. The second-order valence-corrected chi connectivity index (χ2v) is 4.63. The van der Waals surface area contributed by atoms with Gasteiger partial charge in [-0.25, -0.2) is 4.98 Å². The van der Waals surface area contributed by atoms with Gasteiger partial charge in [0.2, 0.25) is 0 Å². The van der Waals surface area contributed by atoms with E-state index in [1.54, 1.807) is 0 Å². The summed E-state index contributed by atoms with van der Waals surface area (Å²) in [5.74, 6) is 0. The average molecular weight is 231 g/mol. The number of fused-ring (bicyclic) bond motifs is 1. The Bertz CT molecular complexity index is 469. The predicted octanol–water partition coefficient (Wildman–Crippen LogP) is 1.51. The van der Waals surface area contributed by atoms with Gasteiger partial charge >= 0.3 is 0 Å². The highest BCUT2D eigenvalue weighted by molar-refractivity contribution is 5.39. The number of aromatic nitrogens is 2. The lowest BCUT2D eigenvalue weighted by atomic mass is 9.98. The van der Waals surface area contributed by atoms with Gasteiger partial charge in [-0.15, -0.1) is 0 Å². The lowest BCUT2D eigenvalue weighted by Gasteiger charge is -2.26. The molecule has 4 heteroatoms. The second kappa shape index (κ2) is 4.47. The minimum Gasteiger partial charge on any atom is -0.385 e. The quantitative estimate of drug-likeness (QED) is 0.823. The summed E-state index contributed by atoms with van der Waals surface area (Å²) >= 11 is 0. The third kappa shape index (κ3) is 2.06. The molecule has 2 aromatic heterocycles. The Morgan fingerprint density at radius 2 is 2.35 bits per heavy atom. The standard InChI is InChI=1S/C13H17N3O/c17-13(10-5-1-3-7-14-10)11-9-16-8-4-2-6-12(16)15-11/h2,4,6,8-10,13-14,17H,1,3,5,7H2. The third-order valence-electron chi connectivity index (χ3n) is 3.42. The molecule has 2 atom stereocenters. The van der Waals surface area contributed by atoms with Gasteiger partial charge in [0.1, 0.15) is 11.8 Å². The molecule has 2 N–H and O–H groups in total. The molecule has 4 nitrogen and oxygen atoms in total. The number of nitrogens with one attached hydrogen (secondary N) is 1. The van der Waals surface area contributed by atoms with Crippen LogP contribution in [-0.4, -0.2) is 27.1 Å². The van der Waals surface area contributed by atoms with E-state index in [0.717, 1.165) is 24.3 Å². The minimum atomic E-state index is -0.504. The summed E-state index contributed by atoms with van der Waals surface area (Å²) < 4.78 is 1.95. The van der Waals surface area contributed by atoms with Crippen LogP contribution in [0.4, 0.5) is 0 Å². The van der Waals surface area contributed by atoms with E-state index in [0.29, 0.717) is 0 Å². The van der Waals surface area contributed by atoms with Crippen LogP contribution in [0, 0.1) is 0 Å². The van der Waals surface area contributed by atoms with Gasteiger partial charge < -0.3 is 14.8 Å². The third-order valence-corrected chi connectivity index (χ3v) is 3.42. The first-order chi connectivity index (χ1) is 8.34. The van der Waals surface area contributed by atoms with Crippen LogP contribution in [0.3, 0.4) is 0 Å². The maximum Gasteiger partial charge on any atom is 0.137 e. The van der Waals surface area contributed by atoms with E-state index in [2.05, 4.69) is 10.3 Å². The molecule has 3 heterocycles. The van der Waals surface area contributed by atoms with Crippen molar-refractivity contribution in [1.82, 2.24) is 14.7 Å². The fourth-order valence-electron chi connectivity index (χ4n) is 2.45. The molecule has 2 unspecified atom stereocenters. The van der Waals surface area contributed by atoms with E-state index in [1.807, 2.05) is 35.0 Å². The smallest absolute Gasteiger partial charge is 0.137 e. The van der Waals surface area contributed by atoms with E-state index >= 15 is 0 Å². The zero-order chi connectivity index (χ0) is 11.7. The first-order valence-electron chi connectivity index (χ1n) is 6.20. The molecule has 0 bridgehead atoms. The molecule has 3 rings (SSSR count). The zero-order valence-electron chi connectivity index (χ0n) is 9.71. The molecule has 0 radical (unpaired) electrons. The van der Waals surface area contributed by atoms with Crippen molar-refractivity contribution in [3.8, 4) is 0 Å². The lowest BCUT2D eigenvalue weighted by Crippen LogP contribution is -2.38. The van der Waals surface area contributed by atoms with Gasteiger partial charge in [0.05, 0.1) is 5.69 Å². The number of nitrogens with zero attached hydrogens (tertiary/aromatic N) is 2. The molecular weight excluding hydrogens is 214 g/mol. The van der Waals surface area contributed by atoms with Crippen LogP contribution in [0.5, 0.6) is 0 Å². The molecule has 0 aromatic carbocycles. The summed E-state index contributed by atoms with van der Waals surface area (Å²) in [7, 11) is 0. The van der Waals surface area contributed by atoms with Crippen molar-refractivity contribution >= 4 is 5.65 Å². The molecule has 17 heavy (non-hydrogen) atoms. The molecule has 0 amide bonds. The van der Waals surface area contributed by atoms with Crippen molar-refractivity contribution < 1.29 is 5.11 Å². The Kier molecular flexibility index (Phi) is 2.82. The number of hydrogen-bond donors (Lipinski definition) is 2. The maximum absolute atomic E-state index is 10.3. The van der Waals surface area contributed by atoms with Crippen molar-refractivity contribution in [1.29, 1.82) is 0 Å². The van der Waals surface area contributed by atoms with E-state index < -0.39 is 6.10 Å². The van der Waals surface area contributed by atoms with Gasteiger partial charge in [-0.1, -0.05) is 12.5 Å². The van der Waals surface area contributed by atoms with Crippen LogP contribution in [0.1, 0.15) is 31.1 Å². The molecular formula is C13H17N3O. The van der Waals surface area contributed by atoms with E-state index in [9.17, 15) is 5.11 Å². The number of aliphatic hydroxyl groups is 1. The minimum absolute atomic E-state index is 0.147. The van der Waals surface area contributed by atoms with Crippen molar-refractivity contribution in [2.24, 2.45) is 0 Å². The second-order valence-electron chi connectivity index (χ2n) is 4.63. The monoisotopic (exact) mass is 231 g/mol. The van der Waals surface area contributed by atoms with Crippen LogP contribution in [0.15, 0.2) is 30.6 Å². The van der Waals surface area contributed by atoms with Crippen molar-refractivity contribution in [2.75, 3.05) is 6.54 Å². The van der Waals surface area contributed by atoms with E-state index in [4.69, 9.17) is 0 Å². The molecule has 0 aliphatic carbocycles. The molecule has 1 saturated heterocycles. The van der Waals surface area contributed by atoms with Gasteiger partial charge in [-0.05, 0) is 31.5 Å². The topological polar surface area (TPSA) is 49.6 Å². The summed E-state index contributed by atoms with van der Waals surface area (Å²) in [5.41, 5.74) is 1.65. The highest BCUT2D eigenvalue weighted by Gasteiger charge is 2.24. The summed E-state index contributed by atoms with van der Waals surface area (Å²) in [4.78, 5) is 4.46. The molecule has 90 valence electrons. The van der Waals surface area contributed by atoms with Crippen LogP contribution < -0.4 is 5.32 Å². The summed E-state index contributed by atoms with van der Waals surface area (Å²) in [5, 5.41) is 13.7. The number of piperidine rings is 1. The highest BCUT2D eigenvalue weighted by atomic mass is 16.3.